The van der Waals surface area contributed by atoms with Gasteiger partial charge in [0.25, 0.3) is 0 Å². The molecule has 0 aromatic heterocycles. The van der Waals surface area contributed by atoms with Gasteiger partial charge in [-0.25, -0.2) is 0 Å². The van der Waals surface area contributed by atoms with Gasteiger partial charge in [-0.3, -0.25) is 4.79 Å². The molecular weight excluding hydrogens is 228 g/mol. The predicted molar refractivity (Wildman–Crippen MR) is 73.0 cm³/mol. The molecule has 0 aliphatic heterocycles. The molecule has 1 aliphatic carbocycles. The Hall–Kier alpha value is -0.610. The average Bonchev–Trinajstić information content (AvgIpc) is 2.33. The van der Waals surface area contributed by atoms with E-state index in [1.54, 1.807) is 0 Å². The molecule has 2 atom stereocenters. The summed E-state index contributed by atoms with van der Waals surface area (Å²) in [5, 5.41) is 13.6. The zero-order valence-corrected chi connectivity index (χ0v) is 11.9. The van der Waals surface area contributed by atoms with Crippen LogP contribution in [0.5, 0.6) is 0 Å². The Morgan fingerprint density at radius 1 is 1.50 bits per heavy atom. The first-order valence-corrected chi connectivity index (χ1v) is 7.13. The minimum atomic E-state index is -0.659. The topological polar surface area (TPSA) is 75.3 Å². The first-order chi connectivity index (χ1) is 8.38. The molecule has 18 heavy (non-hydrogen) atoms. The summed E-state index contributed by atoms with van der Waals surface area (Å²) >= 11 is 0. The molecule has 106 valence electrons. The third-order valence-corrected chi connectivity index (χ3v) is 4.38. The van der Waals surface area contributed by atoms with Crippen LogP contribution in [-0.2, 0) is 4.79 Å². The van der Waals surface area contributed by atoms with E-state index < -0.39 is 5.60 Å². The number of hydrogen-bond donors (Lipinski definition) is 3. The lowest BCUT2D eigenvalue weighted by atomic mass is 9.79. The number of aliphatic hydroxyl groups is 1. The molecular formula is C14H28N2O2. The maximum absolute atomic E-state index is 11.4. The standard InChI is InChI=1S/C14H28N2O2/c1-4-11(3)12(13(15)17)16-9-14(18)7-5-10(2)6-8-14/h10-12,16,18H,4-9H2,1-3H3,(H2,15,17). The number of nitrogens with one attached hydrogen (secondary N) is 1. The maximum atomic E-state index is 11.4. The second kappa shape index (κ2) is 6.53. The Kier molecular flexibility index (Phi) is 5.60. The Bertz CT molecular complexity index is 273. The fraction of sp³-hybridized carbons (Fsp3) is 0.929. The van der Waals surface area contributed by atoms with Gasteiger partial charge in [0.1, 0.15) is 0 Å². The summed E-state index contributed by atoms with van der Waals surface area (Å²) in [5.41, 5.74) is 4.75. The Morgan fingerprint density at radius 3 is 2.50 bits per heavy atom. The number of hydrogen-bond acceptors (Lipinski definition) is 3. The van der Waals surface area contributed by atoms with Crippen LogP contribution < -0.4 is 11.1 Å². The van der Waals surface area contributed by atoms with E-state index in [-0.39, 0.29) is 17.9 Å². The zero-order valence-electron chi connectivity index (χ0n) is 11.9. The van der Waals surface area contributed by atoms with Crippen molar-refractivity contribution in [3.05, 3.63) is 0 Å². The van der Waals surface area contributed by atoms with Crippen molar-refractivity contribution in [2.75, 3.05) is 6.54 Å². The van der Waals surface area contributed by atoms with Crippen molar-refractivity contribution < 1.29 is 9.90 Å². The number of carbonyl (C=O) groups is 1. The lowest BCUT2D eigenvalue weighted by Gasteiger charge is -2.36. The van der Waals surface area contributed by atoms with Crippen molar-refractivity contribution in [1.82, 2.24) is 5.32 Å². The maximum Gasteiger partial charge on any atom is 0.234 e. The molecule has 4 N–H and O–H groups in total. The van der Waals surface area contributed by atoms with Crippen LogP contribution in [0.15, 0.2) is 0 Å². The van der Waals surface area contributed by atoms with E-state index >= 15 is 0 Å². The minimum Gasteiger partial charge on any atom is -0.389 e. The SMILES string of the molecule is CCC(C)C(NCC1(O)CCC(C)CC1)C(N)=O. The van der Waals surface area contributed by atoms with Gasteiger partial charge in [0.2, 0.25) is 5.91 Å². The van der Waals surface area contributed by atoms with Crippen LogP contribution in [0.4, 0.5) is 0 Å². The highest BCUT2D eigenvalue weighted by Gasteiger charge is 2.33. The fourth-order valence-corrected chi connectivity index (χ4v) is 2.59. The van der Waals surface area contributed by atoms with Crippen molar-refractivity contribution in [3.63, 3.8) is 0 Å². The highest BCUT2D eigenvalue weighted by Crippen LogP contribution is 2.31. The van der Waals surface area contributed by atoms with Crippen LogP contribution in [-0.4, -0.2) is 29.2 Å². The smallest absolute Gasteiger partial charge is 0.234 e. The monoisotopic (exact) mass is 256 g/mol. The quantitative estimate of drug-likeness (QED) is 0.672. The molecule has 1 aliphatic rings. The summed E-state index contributed by atoms with van der Waals surface area (Å²) in [4.78, 5) is 11.4. The molecule has 0 saturated heterocycles. The van der Waals surface area contributed by atoms with Crippen LogP contribution in [0.25, 0.3) is 0 Å². The van der Waals surface area contributed by atoms with Gasteiger partial charge in [0, 0.05) is 6.54 Å². The van der Waals surface area contributed by atoms with Gasteiger partial charge in [-0.05, 0) is 37.5 Å². The molecule has 1 fully saturated rings. The van der Waals surface area contributed by atoms with Crippen LogP contribution in [0.2, 0.25) is 0 Å². The lowest BCUT2D eigenvalue weighted by molar-refractivity contribution is -0.121. The van der Waals surface area contributed by atoms with E-state index in [2.05, 4.69) is 12.2 Å². The van der Waals surface area contributed by atoms with E-state index in [9.17, 15) is 9.90 Å². The molecule has 0 radical (unpaired) electrons. The number of primary amides is 1. The first kappa shape index (κ1) is 15.4. The summed E-state index contributed by atoms with van der Waals surface area (Å²) in [5.74, 6) is 0.581. The molecule has 0 heterocycles. The number of rotatable bonds is 6. The second-order valence-corrected chi connectivity index (χ2v) is 6.05. The molecule has 2 unspecified atom stereocenters. The minimum absolute atomic E-state index is 0.202. The number of carbonyl (C=O) groups excluding carboxylic acids is 1. The summed E-state index contributed by atoms with van der Waals surface area (Å²) in [7, 11) is 0. The molecule has 1 saturated carbocycles. The average molecular weight is 256 g/mol. The van der Waals surface area contributed by atoms with Gasteiger partial charge >= 0.3 is 0 Å². The first-order valence-electron chi connectivity index (χ1n) is 7.13. The summed E-state index contributed by atoms with van der Waals surface area (Å²) in [6, 6.07) is -0.335. The van der Waals surface area contributed by atoms with Crippen molar-refractivity contribution in [3.8, 4) is 0 Å². The van der Waals surface area contributed by atoms with Crippen LogP contribution >= 0.6 is 0 Å². The Balaban J connectivity index is 2.49. The van der Waals surface area contributed by atoms with Gasteiger partial charge in [-0.2, -0.15) is 0 Å². The molecule has 0 bridgehead atoms. The number of nitrogens with two attached hydrogens (primary N) is 1. The summed E-state index contributed by atoms with van der Waals surface area (Å²) in [6.45, 7) is 6.74. The molecule has 1 rings (SSSR count). The fourth-order valence-electron chi connectivity index (χ4n) is 2.59. The molecule has 4 nitrogen and oxygen atoms in total. The van der Waals surface area contributed by atoms with Crippen LogP contribution in [0, 0.1) is 11.8 Å². The summed E-state index contributed by atoms with van der Waals surface area (Å²) < 4.78 is 0. The van der Waals surface area contributed by atoms with Gasteiger partial charge in [-0.15, -0.1) is 0 Å². The Morgan fingerprint density at radius 2 is 2.06 bits per heavy atom. The normalized spacial score (nSPS) is 31.9. The van der Waals surface area contributed by atoms with Crippen molar-refractivity contribution >= 4 is 5.91 Å². The predicted octanol–water partition coefficient (Wildman–Crippen LogP) is 1.42. The third-order valence-electron chi connectivity index (χ3n) is 4.38. The lowest BCUT2D eigenvalue weighted by Crippen LogP contribution is -2.52. The van der Waals surface area contributed by atoms with E-state index in [1.807, 2.05) is 13.8 Å². The van der Waals surface area contributed by atoms with Crippen molar-refractivity contribution in [1.29, 1.82) is 0 Å². The molecule has 0 aromatic rings. The molecule has 4 heteroatoms. The van der Waals surface area contributed by atoms with Crippen LogP contribution in [0.3, 0.4) is 0 Å². The van der Waals surface area contributed by atoms with Gasteiger partial charge < -0.3 is 16.2 Å². The molecule has 1 amide bonds. The van der Waals surface area contributed by atoms with Crippen molar-refractivity contribution in [2.45, 2.75) is 64.5 Å². The second-order valence-electron chi connectivity index (χ2n) is 6.05. The zero-order chi connectivity index (χ0) is 13.8. The van der Waals surface area contributed by atoms with E-state index in [1.165, 1.54) is 0 Å². The molecule has 0 aromatic carbocycles. The van der Waals surface area contributed by atoms with Gasteiger partial charge in [0.05, 0.1) is 11.6 Å². The summed E-state index contributed by atoms with van der Waals surface area (Å²) in [6.07, 6.45) is 4.64. The van der Waals surface area contributed by atoms with Gasteiger partial charge in [0.15, 0.2) is 0 Å². The Labute approximate surface area is 110 Å². The van der Waals surface area contributed by atoms with Gasteiger partial charge in [-0.1, -0.05) is 27.2 Å². The number of amides is 1. The van der Waals surface area contributed by atoms with E-state index in [0.29, 0.717) is 12.5 Å². The van der Waals surface area contributed by atoms with Crippen molar-refractivity contribution in [2.24, 2.45) is 17.6 Å². The van der Waals surface area contributed by atoms with E-state index in [4.69, 9.17) is 5.73 Å². The molecule has 0 spiro atoms. The van der Waals surface area contributed by atoms with Crippen LogP contribution in [0.1, 0.15) is 52.9 Å². The van der Waals surface area contributed by atoms with E-state index in [0.717, 1.165) is 32.1 Å². The largest absolute Gasteiger partial charge is 0.389 e. The third kappa shape index (κ3) is 4.25. The highest BCUT2D eigenvalue weighted by atomic mass is 16.3. The highest BCUT2D eigenvalue weighted by molar-refractivity contribution is 5.80.